The highest BCUT2D eigenvalue weighted by atomic mass is 79.9. The number of nitrogens with zero attached hydrogens (tertiary/aromatic N) is 1. The zero-order valence-corrected chi connectivity index (χ0v) is 12.0. The number of anilines is 1. The summed E-state index contributed by atoms with van der Waals surface area (Å²) in [7, 11) is 0. The minimum absolute atomic E-state index is 0.248. The maximum absolute atomic E-state index is 11.1. The van der Waals surface area contributed by atoms with Crippen LogP contribution in [0.25, 0.3) is 0 Å². The second kappa shape index (κ2) is 5.49. The molecule has 18 heavy (non-hydrogen) atoms. The van der Waals surface area contributed by atoms with Crippen LogP contribution in [0.1, 0.15) is 21.1 Å². The Hall–Kier alpha value is -1.40. The SMILES string of the molecule is Cc1csc(CNc2ccc(Br)cc2C(=O)O)n1. The molecule has 0 spiro atoms. The summed E-state index contributed by atoms with van der Waals surface area (Å²) >= 11 is 4.82. The maximum Gasteiger partial charge on any atom is 0.337 e. The number of carbonyl (C=O) groups is 1. The molecule has 1 aromatic heterocycles. The molecule has 1 aromatic carbocycles. The summed E-state index contributed by atoms with van der Waals surface area (Å²) in [6, 6.07) is 5.13. The molecule has 0 bridgehead atoms. The number of benzene rings is 1. The Balaban J connectivity index is 2.16. The fraction of sp³-hybridized carbons (Fsp3) is 0.167. The van der Waals surface area contributed by atoms with Crippen molar-refractivity contribution in [3.63, 3.8) is 0 Å². The maximum atomic E-state index is 11.1. The normalized spacial score (nSPS) is 10.3. The van der Waals surface area contributed by atoms with Gasteiger partial charge >= 0.3 is 5.97 Å². The van der Waals surface area contributed by atoms with E-state index in [9.17, 15) is 4.79 Å². The molecule has 0 aliphatic heterocycles. The summed E-state index contributed by atoms with van der Waals surface area (Å²) in [6.07, 6.45) is 0. The number of hydrogen-bond acceptors (Lipinski definition) is 4. The molecule has 6 heteroatoms. The van der Waals surface area contributed by atoms with Gasteiger partial charge < -0.3 is 10.4 Å². The van der Waals surface area contributed by atoms with E-state index in [0.717, 1.165) is 15.2 Å². The molecule has 0 unspecified atom stereocenters. The van der Waals surface area contributed by atoms with Gasteiger partial charge in [-0.2, -0.15) is 0 Å². The summed E-state index contributed by atoms with van der Waals surface area (Å²) in [5.74, 6) is -0.950. The Kier molecular flexibility index (Phi) is 3.98. The molecular formula is C12H11BrN2O2S. The first-order chi connectivity index (χ1) is 8.56. The van der Waals surface area contributed by atoms with E-state index in [1.807, 2.05) is 18.4 Å². The molecule has 2 aromatic rings. The molecule has 1 heterocycles. The van der Waals surface area contributed by atoms with Gasteiger partial charge in [0, 0.05) is 21.2 Å². The molecule has 0 amide bonds. The number of rotatable bonds is 4. The van der Waals surface area contributed by atoms with Gasteiger partial charge in [-0.15, -0.1) is 11.3 Å². The zero-order valence-electron chi connectivity index (χ0n) is 9.61. The van der Waals surface area contributed by atoms with E-state index < -0.39 is 5.97 Å². The van der Waals surface area contributed by atoms with Gasteiger partial charge in [0.2, 0.25) is 0 Å². The summed E-state index contributed by atoms with van der Waals surface area (Å²) < 4.78 is 0.746. The molecule has 0 radical (unpaired) electrons. The van der Waals surface area contributed by atoms with Crippen molar-refractivity contribution in [2.75, 3.05) is 5.32 Å². The van der Waals surface area contributed by atoms with Crippen LogP contribution >= 0.6 is 27.3 Å². The number of aryl methyl sites for hydroxylation is 1. The molecule has 0 aliphatic rings. The molecule has 0 aliphatic carbocycles. The predicted octanol–water partition coefficient (Wildman–Crippen LogP) is 3.52. The number of hydrogen-bond donors (Lipinski definition) is 2. The van der Waals surface area contributed by atoms with Crippen molar-refractivity contribution in [3.8, 4) is 0 Å². The monoisotopic (exact) mass is 326 g/mol. The van der Waals surface area contributed by atoms with Crippen LogP contribution in [-0.2, 0) is 6.54 Å². The molecule has 2 N–H and O–H groups in total. The molecule has 94 valence electrons. The fourth-order valence-corrected chi connectivity index (χ4v) is 2.57. The second-order valence-corrected chi connectivity index (χ2v) is 5.59. The largest absolute Gasteiger partial charge is 0.478 e. The van der Waals surface area contributed by atoms with E-state index in [4.69, 9.17) is 5.11 Å². The third-order valence-corrected chi connectivity index (χ3v) is 3.77. The number of nitrogens with one attached hydrogen (secondary N) is 1. The van der Waals surface area contributed by atoms with Crippen LogP contribution < -0.4 is 5.32 Å². The third-order valence-electron chi connectivity index (χ3n) is 2.31. The van der Waals surface area contributed by atoms with Crippen molar-refractivity contribution < 1.29 is 9.90 Å². The summed E-state index contributed by atoms with van der Waals surface area (Å²) in [6.45, 7) is 2.46. The van der Waals surface area contributed by atoms with E-state index >= 15 is 0 Å². The first kappa shape index (κ1) is 13.0. The van der Waals surface area contributed by atoms with Crippen molar-refractivity contribution in [1.82, 2.24) is 4.98 Å². The first-order valence-electron chi connectivity index (χ1n) is 5.24. The van der Waals surface area contributed by atoms with Crippen molar-refractivity contribution >= 4 is 38.9 Å². The predicted molar refractivity (Wildman–Crippen MR) is 75.3 cm³/mol. The lowest BCUT2D eigenvalue weighted by molar-refractivity contribution is 0.0698. The minimum Gasteiger partial charge on any atom is -0.478 e. The number of thiazole rings is 1. The molecule has 2 rings (SSSR count). The van der Waals surface area contributed by atoms with Gasteiger partial charge in [-0.25, -0.2) is 9.78 Å². The van der Waals surface area contributed by atoms with Crippen LogP contribution in [0.3, 0.4) is 0 Å². The number of carboxylic acids is 1. The fourth-order valence-electron chi connectivity index (χ4n) is 1.50. The van der Waals surface area contributed by atoms with Gasteiger partial charge in [0.15, 0.2) is 0 Å². The van der Waals surface area contributed by atoms with E-state index in [-0.39, 0.29) is 5.56 Å². The quantitative estimate of drug-likeness (QED) is 0.902. The van der Waals surface area contributed by atoms with Gasteiger partial charge in [0.1, 0.15) is 5.01 Å². The number of aromatic nitrogens is 1. The molecule has 0 fully saturated rings. The summed E-state index contributed by atoms with van der Waals surface area (Å²) in [5.41, 5.74) is 1.82. The van der Waals surface area contributed by atoms with Gasteiger partial charge in [-0.1, -0.05) is 15.9 Å². The van der Waals surface area contributed by atoms with Crippen LogP contribution in [0.2, 0.25) is 0 Å². The smallest absolute Gasteiger partial charge is 0.337 e. The van der Waals surface area contributed by atoms with Crippen molar-refractivity contribution in [2.45, 2.75) is 13.5 Å². The summed E-state index contributed by atoms with van der Waals surface area (Å²) in [4.78, 5) is 15.4. The molecule has 0 saturated heterocycles. The van der Waals surface area contributed by atoms with Gasteiger partial charge in [0.05, 0.1) is 12.1 Å². The van der Waals surface area contributed by atoms with E-state index in [1.165, 1.54) is 0 Å². The Bertz CT molecular complexity index is 583. The Morgan fingerprint density at radius 2 is 2.33 bits per heavy atom. The average Bonchev–Trinajstić information content (AvgIpc) is 2.73. The Morgan fingerprint density at radius 3 is 2.94 bits per heavy atom. The van der Waals surface area contributed by atoms with E-state index in [0.29, 0.717) is 12.2 Å². The van der Waals surface area contributed by atoms with Crippen LogP contribution in [-0.4, -0.2) is 16.1 Å². The molecule has 0 atom stereocenters. The Morgan fingerprint density at radius 1 is 1.56 bits per heavy atom. The lowest BCUT2D eigenvalue weighted by Crippen LogP contribution is -2.06. The van der Waals surface area contributed by atoms with E-state index in [2.05, 4.69) is 26.2 Å². The Labute approximate surface area is 117 Å². The van der Waals surface area contributed by atoms with Gasteiger partial charge in [0.25, 0.3) is 0 Å². The summed E-state index contributed by atoms with van der Waals surface area (Å²) in [5, 5.41) is 15.1. The first-order valence-corrected chi connectivity index (χ1v) is 6.91. The van der Waals surface area contributed by atoms with Gasteiger partial charge in [-0.3, -0.25) is 0 Å². The van der Waals surface area contributed by atoms with Gasteiger partial charge in [-0.05, 0) is 25.1 Å². The highest BCUT2D eigenvalue weighted by Gasteiger charge is 2.10. The molecule has 0 saturated carbocycles. The van der Waals surface area contributed by atoms with Crippen molar-refractivity contribution in [2.24, 2.45) is 0 Å². The van der Waals surface area contributed by atoms with Crippen LogP contribution in [0.4, 0.5) is 5.69 Å². The van der Waals surface area contributed by atoms with Crippen LogP contribution in [0.15, 0.2) is 28.1 Å². The second-order valence-electron chi connectivity index (χ2n) is 3.73. The highest BCUT2D eigenvalue weighted by Crippen LogP contribution is 2.22. The van der Waals surface area contributed by atoms with Crippen LogP contribution in [0.5, 0.6) is 0 Å². The van der Waals surface area contributed by atoms with E-state index in [1.54, 1.807) is 23.5 Å². The third kappa shape index (κ3) is 3.08. The number of carboxylic acid groups (broad SMARTS) is 1. The zero-order chi connectivity index (χ0) is 13.1. The standard InChI is InChI=1S/C12H11BrN2O2S/c1-7-6-18-11(15-7)5-14-10-3-2-8(13)4-9(10)12(16)17/h2-4,6,14H,5H2,1H3,(H,16,17). The van der Waals surface area contributed by atoms with Crippen molar-refractivity contribution in [3.05, 3.63) is 44.3 Å². The van der Waals surface area contributed by atoms with Crippen molar-refractivity contribution in [1.29, 1.82) is 0 Å². The molecular weight excluding hydrogens is 316 g/mol. The topological polar surface area (TPSA) is 62.2 Å². The highest BCUT2D eigenvalue weighted by molar-refractivity contribution is 9.10. The average molecular weight is 327 g/mol. The number of aromatic carboxylic acids is 1. The lowest BCUT2D eigenvalue weighted by Gasteiger charge is -2.08. The minimum atomic E-state index is -0.950. The molecule has 4 nitrogen and oxygen atoms in total. The van der Waals surface area contributed by atoms with Crippen LogP contribution in [0, 0.1) is 6.92 Å². The lowest BCUT2D eigenvalue weighted by atomic mass is 10.2. The number of halogens is 1.